The Morgan fingerprint density at radius 3 is 3.00 bits per heavy atom. The number of aromatic nitrogens is 1. The van der Waals surface area contributed by atoms with Crippen LogP contribution in [0.5, 0.6) is 0 Å². The Balaban J connectivity index is 3.26. The molecule has 4 heteroatoms. The van der Waals surface area contributed by atoms with Gasteiger partial charge in [0.1, 0.15) is 6.54 Å². The minimum absolute atomic E-state index is 0.0950. The van der Waals surface area contributed by atoms with Gasteiger partial charge in [-0.3, -0.25) is 4.79 Å². The Morgan fingerprint density at radius 2 is 2.42 bits per heavy atom. The van der Waals surface area contributed by atoms with E-state index in [2.05, 4.69) is 15.9 Å². The minimum atomic E-state index is -0.141. The first-order valence-corrected chi connectivity index (χ1v) is 4.18. The molecule has 62 valence electrons. The summed E-state index contributed by atoms with van der Waals surface area (Å²) in [6.45, 7) is 1.93. The van der Waals surface area contributed by atoms with Gasteiger partial charge in [0, 0.05) is 16.7 Å². The number of hydrogen-bond acceptors (Lipinski definition) is 2. The second-order valence-electron chi connectivity index (χ2n) is 2.43. The Kier molecular flexibility index (Phi) is 2.66. The van der Waals surface area contributed by atoms with E-state index in [-0.39, 0.29) is 12.1 Å². The fourth-order valence-corrected chi connectivity index (χ4v) is 1.20. The molecule has 1 heterocycles. The van der Waals surface area contributed by atoms with Crippen LogP contribution in [-0.4, -0.2) is 4.57 Å². The highest BCUT2D eigenvalue weighted by atomic mass is 79.9. The summed E-state index contributed by atoms with van der Waals surface area (Å²) in [6, 6.07) is 3.42. The molecule has 0 unspecified atom stereocenters. The van der Waals surface area contributed by atoms with E-state index in [0.29, 0.717) is 0 Å². The standard InChI is InChI=1S/C8H7BrN2O/c1-6-4-8(12)11(3-2-10)5-7(6)9/h4-5H,3H2,1H3. The van der Waals surface area contributed by atoms with Crippen molar-refractivity contribution in [3.8, 4) is 6.07 Å². The van der Waals surface area contributed by atoms with Gasteiger partial charge in [0.05, 0.1) is 6.07 Å². The van der Waals surface area contributed by atoms with Gasteiger partial charge in [-0.25, -0.2) is 0 Å². The Bertz CT molecular complexity index is 389. The van der Waals surface area contributed by atoms with Crippen LogP contribution in [0.1, 0.15) is 5.56 Å². The zero-order valence-electron chi connectivity index (χ0n) is 6.54. The highest BCUT2D eigenvalue weighted by Gasteiger charge is 1.99. The van der Waals surface area contributed by atoms with Gasteiger partial charge in [0.25, 0.3) is 5.56 Å². The van der Waals surface area contributed by atoms with Crippen molar-refractivity contribution in [1.29, 1.82) is 5.26 Å². The Hall–Kier alpha value is -1.08. The van der Waals surface area contributed by atoms with E-state index in [1.165, 1.54) is 10.6 Å². The van der Waals surface area contributed by atoms with E-state index in [4.69, 9.17) is 5.26 Å². The van der Waals surface area contributed by atoms with Crippen LogP contribution in [0.3, 0.4) is 0 Å². The first-order valence-electron chi connectivity index (χ1n) is 3.38. The average molecular weight is 227 g/mol. The molecule has 0 atom stereocenters. The van der Waals surface area contributed by atoms with E-state index >= 15 is 0 Å². The molecule has 0 fully saturated rings. The monoisotopic (exact) mass is 226 g/mol. The number of pyridine rings is 1. The molecule has 1 rings (SSSR count). The summed E-state index contributed by atoms with van der Waals surface area (Å²) in [5.41, 5.74) is 0.742. The van der Waals surface area contributed by atoms with Crippen LogP contribution in [0, 0.1) is 18.3 Å². The summed E-state index contributed by atoms with van der Waals surface area (Å²) in [5, 5.41) is 8.38. The van der Waals surface area contributed by atoms with Crippen LogP contribution in [0.15, 0.2) is 21.5 Å². The van der Waals surface area contributed by atoms with Crippen molar-refractivity contribution >= 4 is 15.9 Å². The molecule has 1 aromatic rings. The second kappa shape index (κ2) is 3.55. The molecule has 0 spiro atoms. The van der Waals surface area contributed by atoms with Gasteiger partial charge in [-0.2, -0.15) is 5.26 Å². The highest BCUT2D eigenvalue weighted by Crippen LogP contribution is 2.11. The molecule has 0 aromatic carbocycles. The van der Waals surface area contributed by atoms with Crippen molar-refractivity contribution in [3.05, 3.63) is 32.7 Å². The lowest BCUT2D eigenvalue weighted by Gasteiger charge is -2.01. The molecule has 0 amide bonds. The molecule has 0 radical (unpaired) electrons. The summed E-state index contributed by atoms with van der Waals surface area (Å²) in [7, 11) is 0. The van der Waals surface area contributed by atoms with Crippen LogP contribution in [0.2, 0.25) is 0 Å². The summed E-state index contributed by atoms with van der Waals surface area (Å²) in [5.74, 6) is 0. The van der Waals surface area contributed by atoms with Crippen LogP contribution < -0.4 is 5.56 Å². The molecule has 0 bridgehead atoms. The van der Waals surface area contributed by atoms with Crippen LogP contribution >= 0.6 is 15.9 Å². The molecule has 3 nitrogen and oxygen atoms in total. The lowest BCUT2D eigenvalue weighted by atomic mass is 10.3. The first-order chi connectivity index (χ1) is 5.65. The molecule has 0 aliphatic heterocycles. The second-order valence-corrected chi connectivity index (χ2v) is 3.28. The molecule has 0 saturated carbocycles. The largest absolute Gasteiger partial charge is 0.301 e. The molecule has 0 saturated heterocycles. The van der Waals surface area contributed by atoms with Crippen molar-refractivity contribution in [2.75, 3.05) is 0 Å². The maximum absolute atomic E-state index is 11.2. The van der Waals surface area contributed by atoms with Gasteiger partial charge in [-0.1, -0.05) is 0 Å². The van der Waals surface area contributed by atoms with Gasteiger partial charge in [0.15, 0.2) is 0 Å². The number of halogens is 1. The lowest BCUT2D eigenvalue weighted by molar-refractivity contribution is 0.781. The summed E-state index contributed by atoms with van der Waals surface area (Å²) in [4.78, 5) is 11.2. The van der Waals surface area contributed by atoms with E-state index in [1.54, 1.807) is 6.20 Å². The summed E-state index contributed by atoms with van der Waals surface area (Å²) < 4.78 is 2.20. The fraction of sp³-hybridized carbons (Fsp3) is 0.250. The van der Waals surface area contributed by atoms with E-state index < -0.39 is 0 Å². The van der Waals surface area contributed by atoms with Gasteiger partial charge >= 0.3 is 0 Å². The molecule has 0 N–H and O–H groups in total. The number of nitrogens with zero attached hydrogens (tertiary/aromatic N) is 2. The van der Waals surface area contributed by atoms with Crippen molar-refractivity contribution in [1.82, 2.24) is 4.57 Å². The van der Waals surface area contributed by atoms with E-state index in [1.807, 2.05) is 13.0 Å². The number of aryl methyl sites for hydroxylation is 1. The summed E-state index contributed by atoms with van der Waals surface area (Å²) in [6.07, 6.45) is 1.63. The predicted molar refractivity (Wildman–Crippen MR) is 48.8 cm³/mol. The van der Waals surface area contributed by atoms with Gasteiger partial charge < -0.3 is 4.57 Å². The van der Waals surface area contributed by atoms with Crippen LogP contribution in [0.4, 0.5) is 0 Å². The van der Waals surface area contributed by atoms with Gasteiger partial charge in [-0.05, 0) is 28.4 Å². The number of hydrogen-bond donors (Lipinski definition) is 0. The maximum atomic E-state index is 11.2. The Labute approximate surface area is 78.4 Å². The third-order valence-electron chi connectivity index (χ3n) is 1.51. The normalized spacial score (nSPS) is 9.42. The minimum Gasteiger partial charge on any atom is -0.301 e. The Morgan fingerprint density at radius 1 is 1.75 bits per heavy atom. The fourth-order valence-electron chi connectivity index (χ4n) is 0.839. The lowest BCUT2D eigenvalue weighted by Crippen LogP contribution is -2.18. The molecular formula is C8H7BrN2O. The molecule has 1 aromatic heterocycles. The van der Waals surface area contributed by atoms with Crippen molar-refractivity contribution in [3.63, 3.8) is 0 Å². The first kappa shape index (κ1) is 9.01. The predicted octanol–water partition coefficient (Wildman–Crippen LogP) is 1.44. The third kappa shape index (κ3) is 1.74. The van der Waals surface area contributed by atoms with Gasteiger partial charge in [-0.15, -0.1) is 0 Å². The topological polar surface area (TPSA) is 45.8 Å². The molecule has 12 heavy (non-hydrogen) atoms. The SMILES string of the molecule is Cc1cc(=O)n(CC#N)cc1Br. The van der Waals surface area contributed by atoms with Crippen LogP contribution in [-0.2, 0) is 6.54 Å². The zero-order valence-corrected chi connectivity index (χ0v) is 8.13. The number of rotatable bonds is 1. The van der Waals surface area contributed by atoms with Gasteiger partial charge in [0.2, 0.25) is 0 Å². The van der Waals surface area contributed by atoms with Crippen molar-refractivity contribution in [2.24, 2.45) is 0 Å². The smallest absolute Gasteiger partial charge is 0.251 e. The third-order valence-corrected chi connectivity index (χ3v) is 2.34. The van der Waals surface area contributed by atoms with E-state index in [9.17, 15) is 4.79 Å². The van der Waals surface area contributed by atoms with Crippen LogP contribution in [0.25, 0.3) is 0 Å². The molecule has 0 aliphatic carbocycles. The zero-order chi connectivity index (χ0) is 9.14. The molecule has 0 aliphatic rings. The van der Waals surface area contributed by atoms with E-state index in [0.717, 1.165) is 10.0 Å². The quantitative estimate of drug-likeness (QED) is 0.728. The van der Waals surface area contributed by atoms with Crippen molar-refractivity contribution < 1.29 is 0 Å². The number of nitriles is 1. The van der Waals surface area contributed by atoms with Crippen molar-refractivity contribution in [2.45, 2.75) is 13.5 Å². The highest BCUT2D eigenvalue weighted by molar-refractivity contribution is 9.10. The maximum Gasteiger partial charge on any atom is 0.251 e. The average Bonchev–Trinajstić information content (AvgIpc) is 2.01. The summed E-state index contributed by atoms with van der Waals surface area (Å²) >= 11 is 3.28. The molecular weight excluding hydrogens is 220 g/mol.